The zero-order valence-electron chi connectivity index (χ0n) is 29.0. The van der Waals surface area contributed by atoms with Crippen molar-refractivity contribution >= 4 is 5.97 Å². The highest BCUT2D eigenvalue weighted by Gasteiger charge is 2.14. The van der Waals surface area contributed by atoms with Gasteiger partial charge in [-0.3, -0.25) is 4.79 Å². The van der Waals surface area contributed by atoms with Crippen LogP contribution in [0.25, 0.3) is 0 Å². The average Bonchev–Trinajstić information content (AvgIpc) is 2.99. The van der Waals surface area contributed by atoms with Crippen LogP contribution in [0.3, 0.4) is 0 Å². The summed E-state index contributed by atoms with van der Waals surface area (Å²) in [7, 11) is 0. The Bertz CT molecular complexity index is 515. The van der Waals surface area contributed by atoms with Crippen LogP contribution in [-0.2, 0) is 9.53 Å². The summed E-state index contributed by atoms with van der Waals surface area (Å²) in [6, 6.07) is 0. The maximum atomic E-state index is 12.7. The number of ether oxygens (including phenoxy) is 1. The summed E-state index contributed by atoms with van der Waals surface area (Å²) >= 11 is 0. The topological polar surface area (TPSA) is 67.6 Å². The van der Waals surface area contributed by atoms with Gasteiger partial charge in [0.2, 0.25) is 0 Å². The molecule has 3 N–H and O–H groups in total. The van der Waals surface area contributed by atoms with Crippen molar-refractivity contribution in [1.82, 2.24) is 10.2 Å². The molecule has 0 rings (SSSR count). The summed E-state index contributed by atoms with van der Waals surface area (Å²) in [5, 5.41) is 3.46. The molecule has 0 spiro atoms. The van der Waals surface area contributed by atoms with Gasteiger partial charge in [0.1, 0.15) is 6.10 Å². The number of rotatable bonds is 35. The van der Waals surface area contributed by atoms with Crippen LogP contribution in [0.4, 0.5) is 0 Å². The molecule has 0 amide bonds. The molecule has 5 heteroatoms. The molecule has 0 aromatic carbocycles. The first kappa shape index (κ1) is 41.4. The van der Waals surface area contributed by atoms with Gasteiger partial charge in [0.25, 0.3) is 0 Å². The fourth-order valence-electron chi connectivity index (χ4n) is 5.86. The third-order valence-corrected chi connectivity index (χ3v) is 8.67. The number of hydrogen-bond acceptors (Lipinski definition) is 5. The second-order valence-corrected chi connectivity index (χ2v) is 12.9. The Morgan fingerprint density at radius 1 is 0.571 bits per heavy atom. The van der Waals surface area contributed by atoms with Gasteiger partial charge in [0.05, 0.1) is 0 Å². The van der Waals surface area contributed by atoms with Crippen molar-refractivity contribution in [3.63, 3.8) is 0 Å². The molecule has 0 aromatic heterocycles. The zero-order valence-corrected chi connectivity index (χ0v) is 29.0. The summed E-state index contributed by atoms with van der Waals surface area (Å²) in [6.45, 7) is 13.0. The maximum Gasteiger partial charge on any atom is 0.306 e. The van der Waals surface area contributed by atoms with Crippen LogP contribution < -0.4 is 11.1 Å². The van der Waals surface area contributed by atoms with E-state index in [9.17, 15) is 4.79 Å². The van der Waals surface area contributed by atoms with Crippen LogP contribution in [0.2, 0.25) is 0 Å². The summed E-state index contributed by atoms with van der Waals surface area (Å²) in [5.41, 5.74) is 5.63. The lowest BCUT2D eigenvalue weighted by molar-refractivity contribution is -0.150. The number of unbranched alkanes of at least 4 members (excludes halogenated alkanes) is 19. The quantitative estimate of drug-likeness (QED) is 0.0564. The van der Waals surface area contributed by atoms with Gasteiger partial charge in [-0.15, -0.1) is 0 Å². The number of carbonyl (C=O) groups is 1. The zero-order chi connectivity index (χ0) is 30.8. The van der Waals surface area contributed by atoms with Crippen LogP contribution in [0.1, 0.15) is 188 Å². The molecule has 0 saturated carbocycles. The Morgan fingerprint density at radius 3 is 1.48 bits per heavy atom. The van der Waals surface area contributed by atoms with E-state index in [1.54, 1.807) is 0 Å². The molecule has 42 heavy (non-hydrogen) atoms. The molecule has 0 radical (unpaired) electrons. The molecule has 0 aromatic rings. The summed E-state index contributed by atoms with van der Waals surface area (Å²) in [6.07, 6.45) is 32.5. The van der Waals surface area contributed by atoms with Gasteiger partial charge in [-0.1, -0.05) is 136 Å². The Hall–Kier alpha value is -0.650. The highest BCUT2D eigenvalue weighted by molar-refractivity contribution is 5.69. The van der Waals surface area contributed by atoms with Crippen molar-refractivity contribution < 1.29 is 9.53 Å². The molecule has 0 aliphatic carbocycles. The molecule has 252 valence electrons. The van der Waals surface area contributed by atoms with Crippen molar-refractivity contribution in [1.29, 1.82) is 0 Å². The van der Waals surface area contributed by atoms with Crippen LogP contribution in [0.15, 0.2) is 0 Å². The Labute approximate surface area is 264 Å². The fourth-order valence-corrected chi connectivity index (χ4v) is 5.86. The van der Waals surface area contributed by atoms with E-state index in [-0.39, 0.29) is 12.1 Å². The first-order valence-corrected chi connectivity index (χ1v) is 19.0. The standard InChI is InChI=1S/C37H77N3O2/c1-4-7-10-13-17-22-27-36(28-23-18-14-11-8-5-2)42-37(41)29-24-19-16-21-26-34-40(35-32-39-31-30-38)33-25-20-15-12-9-6-3/h36,39H,4-35,38H2,1-3H3. The largest absolute Gasteiger partial charge is 0.462 e. The van der Waals surface area contributed by atoms with E-state index in [0.29, 0.717) is 13.0 Å². The van der Waals surface area contributed by atoms with Gasteiger partial charge in [-0.25, -0.2) is 0 Å². The van der Waals surface area contributed by atoms with Crippen molar-refractivity contribution in [2.45, 2.75) is 194 Å². The molecule has 0 unspecified atom stereocenters. The minimum atomic E-state index is 0.0482. The predicted octanol–water partition coefficient (Wildman–Crippen LogP) is 9.95. The fraction of sp³-hybridized carbons (Fsp3) is 0.973. The normalized spacial score (nSPS) is 11.7. The first-order valence-electron chi connectivity index (χ1n) is 19.0. The van der Waals surface area contributed by atoms with E-state index >= 15 is 0 Å². The number of carbonyl (C=O) groups excluding carboxylic acids is 1. The van der Waals surface area contributed by atoms with Crippen molar-refractivity contribution in [3.8, 4) is 0 Å². The van der Waals surface area contributed by atoms with Crippen LogP contribution >= 0.6 is 0 Å². The van der Waals surface area contributed by atoms with Crippen molar-refractivity contribution in [3.05, 3.63) is 0 Å². The Morgan fingerprint density at radius 2 is 1.00 bits per heavy atom. The van der Waals surface area contributed by atoms with E-state index in [0.717, 1.165) is 45.3 Å². The molecule has 0 atom stereocenters. The SMILES string of the molecule is CCCCCCCCC(CCCCCCCC)OC(=O)CCCCCCCN(CCCCCCCC)CCNCCN. The van der Waals surface area contributed by atoms with E-state index < -0.39 is 0 Å². The lowest BCUT2D eigenvalue weighted by Gasteiger charge is -2.22. The van der Waals surface area contributed by atoms with Crippen LogP contribution in [-0.4, -0.2) is 56.2 Å². The summed E-state index contributed by atoms with van der Waals surface area (Å²) in [4.78, 5) is 15.3. The van der Waals surface area contributed by atoms with Gasteiger partial charge in [0, 0.05) is 32.6 Å². The van der Waals surface area contributed by atoms with Gasteiger partial charge in [0.15, 0.2) is 0 Å². The monoisotopic (exact) mass is 596 g/mol. The highest BCUT2D eigenvalue weighted by atomic mass is 16.5. The molecule has 0 saturated heterocycles. The molecule has 0 aliphatic rings. The summed E-state index contributed by atoms with van der Waals surface area (Å²) in [5.74, 6) is 0.0482. The van der Waals surface area contributed by atoms with Crippen molar-refractivity contribution in [2.75, 3.05) is 39.3 Å². The van der Waals surface area contributed by atoms with Gasteiger partial charge >= 0.3 is 5.97 Å². The number of nitrogens with one attached hydrogen (secondary N) is 1. The number of nitrogens with zero attached hydrogens (tertiary/aromatic N) is 1. The first-order chi connectivity index (χ1) is 20.7. The Balaban J connectivity index is 4.18. The minimum absolute atomic E-state index is 0.0482. The molecule has 0 fully saturated rings. The Kier molecular flexibility index (Phi) is 34.3. The highest BCUT2D eigenvalue weighted by Crippen LogP contribution is 2.18. The average molecular weight is 596 g/mol. The van der Waals surface area contributed by atoms with E-state index in [2.05, 4.69) is 31.0 Å². The molecule has 0 aliphatic heterocycles. The third-order valence-electron chi connectivity index (χ3n) is 8.67. The minimum Gasteiger partial charge on any atom is -0.462 e. The number of esters is 1. The molecular formula is C37H77N3O2. The van der Waals surface area contributed by atoms with E-state index in [1.165, 1.54) is 148 Å². The van der Waals surface area contributed by atoms with Crippen LogP contribution in [0.5, 0.6) is 0 Å². The lowest BCUT2D eigenvalue weighted by Crippen LogP contribution is -2.35. The van der Waals surface area contributed by atoms with Gasteiger partial charge in [-0.2, -0.15) is 0 Å². The smallest absolute Gasteiger partial charge is 0.306 e. The van der Waals surface area contributed by atoms with Gasteiger partial charge in [-0.05, 0) is 58.0 Å². The third kappa shape index (κ3) is 30.8. The van der Waals surface area contributed by atoms with Crippen LogP contribution in [0, 0.1) is 0 Å². The van der Waals surface area contributed by atoms with Gasteiger partial charge < -0.3 is 20.7 Å². The summed E-state index contributed by atoms with van der Waals surface area (Å²) < 4.78 is 6.03. The molecule has 0 heterocycles. The second-order valence-electron chi connectivity index (χ2n) is 12.9. The lowest BCUT2D eigenvalue weighted by atomic mass is 10.0. The maximum absolute atomic E-state index is 12.7. The number of hydrogen-bond donors (Lipinski definition) is 2. The second kappa shape index (κ2) is 34.8. The number of nitrogens with two attached hydrogens (primary N) is 1. The van der Waals surface area contributed by atoms with E-state index in [4.69, 9.17) is 10.5 Å². The predicted molar refractivity (Wildman–Crippen MR) is 185 cm³/mol. The van der Waals surface area contributed by atoms with Crippen molar-refractivity contribution in [2.24, 2.45) is 5.73 Å². The molecule has 5 nitrogen and oxygen atoms in total. The van der Waals surface area contributed by atoms with E-state index in [1.807, 2.05) is 0 Å². The molecule has 0 bridgehead atoms. The molecular weight excluding hydrogens is 518 g/mol.